The van der Waals surface area contributed by atoms with Crippen molar-refractivity contribution < 1.29 is 27.8 Å². The zero-order valence-corrected chi connectivity index (χ0v) is 20.7. The number of nitrogens with zero attached hydrogens (tertiary/aromatic N) is 1. The minimum Gasteiger partial charge on any atom is -0.395 e. The van der Waals surface area contributed by atoms with E-state index in [0.29, 0.717) is 30.0 Å². The quantitative estimate of drug-likeness (QED) is 0.268. The number of ether oxygens (including phenoxy) is 2. The van der Waals surface area contributed by atoms with Crippen LogP contribution in [0.15, 0.2) is 78.3 Å². The highest BCUT2D eigenvalue weighted by molar-refractivity contribution is 7.09. The molecule has 0 radical (unpaired) electrons. The molecule has 0 unspecified atom stereocenters. The molecule has 8 nitrogen and oxygen atoms in total. The largest absolute Gasteiger partial charge is 0.586 e. The Kier molecular flexibility index (Phi) is 7.18. The number of rotatable bonds is 9. The second-order valence-corrected chi connectivity index (χ2v) is 9.35. The molecule has 2 amide bonds. The van der Waals surface area contributed by atoms with Crippen molar-refractivity contribution >= 4 is 34.5 Å². The molecule has 11 heteroatoms. The lowest BCUT2D eigenvalue weighted by Gasteiger charge is -2.13. The summed E-state index contributed by atoms with van der Waals surface area (Å²) in [5.74, 6) is -0.977. The van der Waals surface area contributed by atoms with Crippen LogP contribution in [0.3, 0.4) is 0 Å². The summed E-state index contributed by atoms with van der Waals surface area (Å²) in [5.41, 5.74) is 2.27. The van der Waals surface area contributed by atoms with E-state index < -0.39 is 12.2 Å². The molecule has 4 aromatic rings. The van der Waals surface area contributed by atoms with E-state index in [1.165, 1.54) is 23.1 Å². The number of amides is 2. The number of thiophene rings is 1. The van der Waals surface area contributed by atoms with Crippen molar-refractivity contribution in [2.24, 2.45) is 0 Å². The standard InChI is InChI=1S/C27H22F2N4O4S/c28-27(29)36-23-8-7-18(15-24(23)37-27)33-25(34)20-5-1-2-6-21(20)32-16-17-9-11-30-22(14-17)26(35)31-12-10-19-4-3-13-38-19/h1-9,11,13-15,32H,10,12,16H2,(H,31,35)(H,33,34). The summed E-state index contributed by atoms with van der Waals surface area (Å²) >= 11 is 1.64. The maximum Gasteiger partial charge on any atom is 0.586 e. The Labute approximate surface area is 220 Å². The van der Waals surface area contributed by atoms with Crippen molar-refractivity contribution in [3.63, 3.8) is 0 Å². The number of alkyl halides is 2. The molecule has 0 fully saturated rings. The van der Waals surface area contributed by atoms with Gasteiger partial charge >= 0.3 is 6.29 Å². The summed E-state index contributed by atoms with van der Waals surface area (Å²) in [4.78, 5) is 30.9. The Morgan fingerprint density at radius 2 is 1.79 bits per heavy atom. The number of benzene rings is 2. The molecule has 0 bridgehead atoms. The van der Waals surface area contributed by atoms with Gasteiger partial charge in [-0.2, -0.15) is 0 Å². The lowest BCUT2D eigenvalue weighted by Crippen LogP contribution is -2.26. The molecule has 1 aliphatic heterocycles. The first-order chi connectivity index (χ1) is 18.4. The lowest BCUT2D eigenvalue weighted by atomic mass is 10.1. The van der Waals surface area contributed by atoms with Gasteiger partial charge in [0.2, 0.25) is 0 Å². The fourth-order valence-corrected chi connectivity index (χ4v) is 4.52. The van der Waals surface area contributed by atoms with Crippen molar-refractivity contribution in [1.82, 2.24) is 10.3 Å². The van der Waals surface area contributed by atoms with E-state index in [9.17, 15) is 18.4 Å². The van der Waals surface area contributed by atoms with Crippen molar-refractivity contribution in [1.29, 1.82) is 0 Å². The highest BCUT2D eigenvalue weighted by Crippen LogP contribution is 2.42. The van der Waals surface area contributed by atoms with Crippen LogP contribution in [-0.4, -0.2) is 29.6 Å². The number of nitrogens with one attached hydrogen (secondary N) is 3. The van der Waals surface area contributed by atoms with Crippen LogP contribution in [0.1, 0.15) is 31.3 Å². The molecule has 0 saturated heterocycles. The average Bonchev–Trinajstić information content (AvgIpc) is 3.53. The molecule has 0 atom stereocenters. The number of carbonyl (C=O) groups excluding carboxylic acids is 2. The zero-order chi connectivity index (χ0) is 26.5. The maximum absolute atomic E-state index is 13.3. The van der Waals surface area contributed by atoms with Crippen LogP contribution in [0.2, 0.25) is 0 Å². The summed E-state index contributed by atoms with van der Waals surface area (Å²) in [6.45, 7) is 0.846. The molecule has 3 heterocycles. The van der Waals surface area contributed by atoms with Gasteiger partial charge in [0.05, 0.1) is 5.56 Å². The van der Waals surface area contributed by atoms with Gasteiger partial charge in [-0.15, -0.1) is 20.1 Å². The van der Waals surface area contributed by atoms with Crippen molar-refractivity contribution in [2.75, 3.05) is 17.2 Å². The molecule has 5 rings (SSSR count). The molecule has 194 valence electrons. The van der Waals surface area contributed by atoms with Gasteiger partial charge in [-0.1, -0.05) is 18.2 Å². The van der Waals surface area contributed by atoms with E-state index in [1.807, 2.05) is 17.5 Å². The molecule has 0 saturated carbocycles. The summed E-state index contributed by atoms with van der Waals surface area (Å²) in [7, 11) is 0. The van der Waals surface area contributed by atoms with Crippen molar-refractivity contribution in [3.05, 3.63) is 100 Å². The number of anilines is 2. The van der Waals surface area contributed by atoms with Crippen molar-refractivity contribution in [2.45, 2.75) is 19.3 Å². The van der Waals surface area contributed by atoms with Gasteiger partial charge in [-0.25, -0.2) is 0 Å². The van der Waals surface area contributed by atoms with E-state index in [1.54, 1.807) is 53.9 Å². The topological polar surface area (TPSA) is 102 Å². The predicted octanol–water partition coefficient (Wildman–Crippen LogP) is 5.30. The van der Waals surface area contributed by atoms with Crippen LogP contribution in [0.25, 0.3) is 0 Å². The minimum absolute atomic E-state index is 0.108. The fraction of sp³-hybridized carbons (Fsp3) is 0.148. The normalized spacial score (nSPS) is 13.1. The molecule has 0 aliphatic carbocycles. The Morgan fingerprint density at radius 1 is 0.947 bits per heavy atom. The minimum atomic E-state index is -3.74. The highest BCUT2D eigenvalue weighted by Gasteiger charge is 2.43. The van der Waals surface area contributed by atoms with E-state index in [4.69, 9.17) is 0 Å². The average molecular weight is 537 g/mol. The number of para-hydroxylation sites is 1. The summed E-state index contributed by atoms with van der Waals surface area (Å²) in [6.07, 6.45) is -1.42. The number of hydrogen-bond donors (Lipinski definition) is 3. The van der Waals surface area contributed by atoms with Crippen LogP contribution in [0.4, 0.5) is 20.2 Å². The van der Waals surface area contributed by atoms with E-state index in [2.05, 4.69) is 30.4 Å². The van der Waals surface area contributed by atoms with E-state index >= 15 is 0 Å². The summed E-state index contributed by atoms with van der Waals surface area (Å²) < 4.78 is 35.4. The van der Waals surface area contributed by atoms with Gasteiger partial charge in [-0.3, -0.25) is 14.6 Å². The van der Waals surface area contributed by atoms with Gasteiger partial charge in [-0.05, 0) is 59.8 Å². The second-order valence-electron chi connectivity index (χ2n) is 8.32. The summed E-state index contributed by atoms with van der Waals surface area (Å²) in [5, 5.41) is 10.8. The SMILES string of the molecule is O=C(NCCc1cccs1)c1cc(CNc2ccccc2C(=O)Nc2ccc3c(c2)OC(F)(F)O3)ccn1. The molecule has 3 N–H and O–H groups in total. The number of carbonyl (C=O) groups is 2. The van der Waals surface area contributed by atoms with E-state index in [-0.39, 0.29) is 23.1 Å². The van der Waals surface area contributed by atoms with Gasteiger partial charge in [0.25, 0.3) is 11.8 Å². The Hall–Kier alpha value is -4.51. The molecule has 1 aliphatic rings. The van der Waals surface area contributed by atoms with E-state index in [0.717, 1.165) is 12.0 Å². The first-order valence-electron chi connectivity index (χ1n) is 11.7. The summed E-state index contributed by atoms with van der Waals surface area (Å²) in [6, 6.07) is 18.4. The molecule has 0 spiro atoms. The molecular weight excluding hydrogens is 514 g/mol. The number of fused-ring (bicyclic) bond motifs is 1. The number of halogens is 2. The number of aromatic nitrogens is 1. The molecule has 38 heavy (non-hydrogen) atoms. The van der Waals surface area contributed by atoms with Gasteiger partial charge in [0.1, 0.15) is 5.69 Å². The third kappa shape index (κ3) is 6.06. The first kappa shape index (κ1) is 25.2. The van der Waals surface area contributed by atoms with Gasteiger partial charge in [0.15, 0.2) is 11.5 Å². The third-order valence-electron chi connectivity index (χ3n) is 5.61. The van der Waals surface area contributed by atoms with Crippen LogP contribution in [-0.2, 0) is 13.0 Å². The molecule has 2 aromatic carbocycles. The third-order valence-corrected chi connectivity index (χ3v) is 6.54. The monoisotopic (exact) mass is 536 g/mol. The molecule has 2 aromatic heterocycles. The second kappa shape index (κ2) is 10.9. The fourth-order valence-electron chi connectivity index (χ4n) is 3.81. The zero-order valence-electron chi connectivity index (χ0n) is 19.9. The highest BCUT2D eigenvalue weighted by atomic mass is 32.1. The Balaban J connectivity index is 1.20. The first-order valence-corrected chi connectivity index (χ1v) is 12.5. The number of pyridine rings is 1. The maximum atomic E-state index is 13.3. The molecular formula is C27H22F2N4O4S. The van der Waals surface area contributed by atoms with Gasteiger partial charge < -0.3 is 25.4 Å². The number of hydrogen-bond acceptors (Lipinski definition) is 7. The Morgan fingerprint density at radius 3 is 2.63 bits per heavy atom. The van der Waals surface area contributed by atoms with Crippen LogP contribution in [0.5, 0.6) is 11.5 Å². The Bertz CT molecular complexity index is 1460. The van der Waals surface area contributed by atoms with Crippen LogP contribution < -0.4 is 25.4 Å². The van der Waals surface area contributed by atoms with Crippen LogP contribution in [0, 0.1) is 0 Å². The van der Waals surface area contributed by atoms with Crippen molar-refractivity contribution in [3.8, 4) is 11.5 Å². The predicted molar refractivity (Wildman–Crippen MR) is 139 cm³/mol. The van der Waals surface area contributed by atoms with Crippen LogP contribution >= 0.6 is 11.3 Å². The smallest absolute Gasteiger partial charge is 0.395 e. The lowest BCUT2D eigenvalue weighted by molar-refractivity contribution is -0.286. The van der Waals surface area contributed by atoms with Gasteiger partial charge in [0, 0.05) is 41.6 Å².